The van der Waals surface area contributed by atoms with Crippen LogP contribution in [0, 0.1) is 5.82 Å². The van der Waals surface area contributed by atoms with Gasteiger partial charge in [-0.3, -0.25) is 9.69 Å². The average Bonchev–Trinajstić information content (AvgIpc) is 2.70. The van der Waals surface area contributed by atoms with Gasteiger partial charge in [0, 0.05) is 41.8 Å². The van der Waals surface area contributed by atoms with Crippen LogP contribution in [0.5, 0.6) is 5.75 Å². The number of carbonyl (C=O) groups is 1. The van der Waals surface area contributed by atoms with Gasteiger partial charge in [-0.15, -0.1) is 0 Å². The maximum atomic E-state index is 13.1. The predicted octanol–water partition coefficient (Wildman–Crippen LogP) is 3.58. The van der Waals surface area contributed by atoms with Gasteiger partial charge in [-0.1, -0.05) is 28.1 Å². The van der Waals surface area contributed by atoms with Crippen molar-refractivity contribution in [1.82, 2.24) is 9.80 Å². The highest BCUT2D eigenvalue weighted by Crippen LogP contribution is 2.24. The summed E-state index contributed by atoms with van der Waals surface area (Å²) in [5.41, 5.74) is 1.69. The highest BCUT2D eigenvalue weighted by Gasteiger charge is 2.32. The van der Waals surface area contributed by atoms with Gasteiger partial charge >= 0.3 is 0 Å². The van der Waals surface area contributed by atoms with E-state index in [1.807, 2.05) is 17.9 Å². The highest BCUT2D eigenvalue weighted by atomic mass is 79.9. The molecule has 1 amide bonds. The Hall–Kier alpha value is -1.96. The quantitative estimate of drug-likeness (QED) is 0.709. The van der Waals surface area contributed by atoms with Gasteiger partial charge in [0.15, 0.2) is 6.61 Å². The molecule has 3 rings (SSSR count). The van der Waals surface area contributed by atoms with Gasteiger partial charge in [0.1, 0.15) is 11.6 Å². The van der Waals surface area contributed by atoms with E-state index in [9.17, 15) is 14.3 Å². The van der Waals surface area contributed by atoms with Gasteiger partial charge in [-0.2, -0.15) is 0 Å². The summed E-state index contributed by atoms with van der Waals surface area (Å²) in [6, 6.07) is 12.1. The van der Waals surface area contributed by atoms with Crippen molar-refractivity contribution in [3.8, 4) is 5.75 Å². The number of hydrogen-bond acceptors (Lipinski definition) is 4. The van der Waals surface area contributed by atoms with E-state index in [4.69, 9.17) is 4.74 Å². The molecule has 7 heteroatoms. The lowest BCUT2D eigenvalue weighted by Crippen LogP contribution is -2.58. The molecule has 156 valence electrons. The van der Waals surface area contributed by atoms with E-state index in [0.29, 0.717) is 17.9 Å². The van der Waals surface area contributed by atoms with Gasteiger partial charge in [-0.25, -0.2) is 4.39 Å². The monoisotopic (exact) mass is 464 g/mol. The topological polar surface area (TPSA) is 53.0 Å². The van der Waals surface area contributed by atoms with Crippen LogP contribution in [0.15, 0.2) is 46.9 Å². The van der Waals surface area contributed by atoms with E-state index < -0.39 is 0 Å². The van der Waals surface area contributed by atoms with Crippen LogP contribution in [0.1, 0.15) is 25.0 Å². The zero-order chi connectivity index (χ0) is 21.0. The normalized spacial score (nSPS) is 20.0. The van der Waals surface area contributed by atoms with Gasteiger partial charge < -0.3 is 14.7 Å². The zero-order valence-corrected chi connectivity index (χ0v) is 18.2. The molecular weight excluding hydrogens is 439 g/mol. The molecule has 0 aliphatic carbocycles. The third-order valence-corrected chi connectivity index (χ3v) is 5.77. The Morgan fingerprint density at radius 2 is 1.90 bits per heavy atom. The molecule has 2 aromatic carbocycles. The number of aliphatic hydroxyl groups excluding tert-OH is 1. The molecule has 0 bridgehead atoms. The summed E-state index contributed by atoms with van der Waals surface area (Å²) in [5.74, 6) is 0.206. The average molecular weight is 465 g/mol. The third-order valence-electron chi connectivity index (χ3n) is 5.28. The molecule has 0 unspecified atom stereocenters. The van der Waals surface area contributed by atoms with Gasteiger partial charge in [-0.05, 0) is 49.7 Å². The minimum atomic E-state index is -0.235. The molecule has 2 aromatic rings. The molecule has 0 aromatic heterocycles. The molecule has 1 fully saturated rings. The van der Waals surface area contributed by atoms with Crippen molar-refractivity contribution in [3.63, 3.8) is 0 Å². The molecule has 5 nitrogen and oxygen atoms in total. The lowest BCUT2D eigenvalue weighted by molar-refractivity contribution is -0.139. The maximum absolute atomic E-state index is 13.1. The molecule has 1 N–H and O–H groups in total. The Kier molecular flexibility index (Phi) is 7.27. The number of halogens is 2. The predicted molar refractivity (Wildman–Crippen MR) is 113 cm³/mol. The molecule has 1 aliphatic rings. The van der Waals surface area contributed by atoms with Crippen LogP contribution in [0.4, 0.5) is 4.39 Å². The first-order valence-corrected chi connectivity index (χ1v) is 10.5. The van der Waals surface area contributed by atoms with E-state index in [2.05, 4.69) is 27.8 Å². The maximum Gasteiger partial charge on any atom is 0.260 e. The van der Waals surface area contributed by atoms with Crippen LogP contribution in [0.2, 0.25) is 0 Å². The van der Waals surface area contributed by atoms with E-state index in [1.54, 1.807) is 24.3 Å². The summed E-state index contributed by atoms with van der Waals surface area (Å²) in [4.78, 5) is 16.9. The van der Waals surface area contributed by atoms with Crippen LogP contribution in [0.25, 0.3) is 0 Å². The summed E-state index contributed by atoms with van der Waals surface area (Å²) in [6.45, 7) is 5.97. The third kappa shape index (κ3) is 5.56. The summed E-state index contributed by atoms with van der Waals surface area (Å²) < 4.78 is 19.7. The molecule has 29 heavy (non-hydrogen) atoms. The Morgan fingerprint density at radius 3 is 2.59 bits per heavy atom. The summed E-state index contributed by atoms with van der Waals surface area (Å²) >= 11 is 3.36. The summed E-state index contributed by atoms with van der Waals surface area (Å²) in [6.07, 6.45) is 0. The van der Waals surface area contributed by atoms with Crippen molar-refractivity contribution in [2.24, 2.45) is 0 Å². The molecule has 0 radical (unpaired) electrons. The number of aliphatic hydroxyl groups is 1. The first kappa shape index (κ1) is 21.7. The van der Waals surface area contributed by atoms with Crippen LogP contribution in [-0.4, -0.2) is 52.6 Å². The first-order valence-electron chi connectivity index (χ1n) is 9.67. The molecule has 0 spiro atoms. The summed E-state index contributed by atoms with van der Waals surface area (Å²) in [5, 5.41) is 9.48. The minimum absolute atomic E-state index is 0.0463. The Balaban J connectivity index is 1.58. The number of carbonyl (C=O) groups excluding carboxylic acids is 1. The van der Waals surface area contributed by atoms with E-state index in [1.165, 1.54) is 12.1 Å². The molecule has 2 atom stereocenters. The van der Waals surface area contributed by atoms with Crippen molar-refractivity contribution in [1.29, 1.82) is 0 Å². The smallest absolute Gasteiger partial charge is 0.260 e. The standard InChI is InChI=1S/C22H26BrFN2O3/c1-15-11-26(16(2)10-25(15)12-17-3-6-20(24)7-4-17)22(28)14-29-21-8-5-19(23)9-18(21)13-27/h3-9,15-16,27H,10-14H2,1-2H3/t15-,16+/m0/s1. The van der Waals surface area contributed by atoms with Crippen LogP contribution in [-0.2, 0) is 17.9 Å². The Labute approximate surface area is 179 Å². The summed E-state index contributed by atoms with van der Waals surface area (Å²) in [7, 11) is 0. The largest absolute Gasteiger partial charge is 0.483 e. The SMILES string of the molecule is C[C@@H]1CN(Cc2ccc(F)cc2)[C@@H](C)CN1C(=O)COc1ccc(Br)cc1CO. The van der Waals surface area contributed by atoms with Crippen LogP contribution < -0.4 is 4.74 Å². The second kappa shape index (κ2) is 9.69. The Morgan fingerprint density at radius 1 is 1.17 bits per heavy atom. The number of rotatable bonds is 6. The molecule has 0 saturated carbocycles. The molecular formula is C22H26BrFN2O3. The van der Waals surface area contributed by atoms with Gasteiger partial charge in [0.25, 0.3) is 5.91 Å². The van der Waals surface area contributed by atoms with Crippen molar-refractivity contribution in [2.75, 3.05) is 19.7 Å². The molecule has 1 heterocycles. The zero-order valence-electron chi connectivity index (χ0n) is 16.6. The number of benzene rings is 2. The second-order valence-corrected chi connectivity index (χ2v) is 8.41. The van der Waals surface area contributed by atoms with Crippen LogP contribution >= 0.6 is 15.9 Å². The van der Waals surface area contributed by atoms with Crippen molar-refractivity contribution in [2.45, 2.75) is 39.1 Å². The lowest BCUT2D eigenvalue weighted by atomic mass is 10.1. The fourth-order valence-corrected chi connectivity index (χ4v) is 4.03. The number of nitrogens with zero attached hydrogens (tertiary/aromatic N) is 2. The number of hydrogen-bond donors (Lipinski definition) is 1. The molecule has 1 aliphatic heterocycles. The first-order chi connectivity index (χ1) is 13.9. The van der Waals surface area contributed by atoms with E-state index in [0.717, 1.165) is 23.1 Å². The van der Waals surface area contributed by atoms with Crippen molar-refractivity contribution < 1.29 is 19.0 Å². The second-order valence-electron chi connectivity index (χ2n) is 7.50. The number of piperazine rings is 1. The van der Waals surface area contributed by atoms with E-state index in [-0.39, 0.29) is 37.0 Å². The van der Waals surface area contributed by atoms with Gasteiger partial charge in [0.05, 0.1) is 6.61 Å². The minimum Gasteiger partial charge on any atom is -0.483 e. The van der Waals surface area contributed by atoms with E-state index >= 15 is 0 Å². The van der Waals surface area contributed by atoms with Crippen molar-refractivity contribution in [3.05, 3.63) is 63.9 Å². The van der Waals surface area contributed by atoms with Crippen LogP contribution in [0.3, 0.4) is 0 Å². The molecule has 1 saturated heterocycles. The fraction of sp³-hybridized carbons (Fsp3) is 0.409. The number of amides is 1. The number of ether oxygens (including phenoxy) is 1. The highest BCUT2D eigenvalue weighted by molar-refractivity contribution is 9.10. The Bertz CT molecular complexity index is 846. The lowest BCUT2D eigenvalue weighted by Gasteiger charge is -2.44. The fourth-order valence-electron chi connectivity index (χ4n) is 3.63. The van der Waals surface area contributed by atoms with Crippen molar-refractivity contribution >= 4 is 21.8 Å². The van der Waals surface area contributed by atoms with Gasteiger partial charge in [0.2, 0.25) is 0 Å².